The third-order valence-electron chi connectivity index (χ3n) is 4.80. The molecular weight excluding hydrogens is 322 g/mol. The summed E-state index contributed by atoms with van der Waals surface area (Å²) in [5, 5.41) is 3.29. The molecule has 2 aliphatic rings. The van der Waals surface area contributed by atoms with Crippen LogP contribution in [0.4, 0.5) is 0 Å². The van der Waals surface area contributed by atoms with Crippen LogP contribution in [0.5, 0.6) is 0 Å². The Balaban J connectivity index is 1.42. The minimum atomic E-state index is 0.121. The van der Waals surface area contributed by atoms with Gasteiger partial charge in [0.15, 0.2) is 0 Å². The molecule has 0 unspecified atom stereocenters. The van der Waals surface area contributed by atoms with Gasteiger partial charge in [0.1, 0.15) is 6.10 Å². The van der Waals surface area contributed by atoms with Crippen LogP contribution in [-0.2, 0) is 22.6 Å². The van der Waals surface area contributed by atoms with Crippen molar-refractivity contribution in [2.24, 2.45) is 0 Å². The van der Waals surface area contributed by atoms with E-state index < -0.39 is 0 Å². The number of ether oxygens (including phenoxy) is 2. The Morgan fingerprint density at radius 3 is 3.21 bits per heavy atom. The van der Waals surface area contributed by atoms with Crippen molar-refractivity contribution in [1.82, 2.24) is 14.9 Å². The molecule has 2 saturated heterocycles. The van der Waals surface area contributed by atoms with E-state index in [0.29, 0.717) is 12.6 Å². The summed E-state index contributed by atoms with van der Waals surface area (Å²) in [6, 6.07) is 4.45. The molecule has 24 heavy (non-hydrogen) atoms. The number of hydrogen-bond acceptors (Lipinski definition) is 6. The van der Waals surface area contributed by atoms with Crippen molar-refractivity contribution in [3.63, 3.8) is 0 Å². The van der Waals surface area contributed by atoms with E-state index in [9.17, 15) is 0 Å². The summed E-state index contributed by atoms with van der Waals surface area (Å²) < 4.78 is 12.3. The van der Waals surface area contributed by atoms with Gasteiger partial charge in [-0.15, -0.1) is 11.3 Å². The molecule has 0 spiro atoms. The molecule has 5 nitrogen and oxygen atoms in total. The monoisotopic (exact) mass is 345 g/mol. The van der Waals surface area contributed by atoms with Crippen LogP contribution >= 0.6 is 11.3 Å². The van der Waals surface area contributed by atoms with Gasteiger partial charge in [0.05, 0.1) is 23.4 Å². The summed E-state index contributed by atoms with van der Waals surface area (Å²) in [5.74, 6) is 0. The minimum absolute atomic E-state index is 0.121. The number of nitrogens with zero attached hydrogens (tertiary/aromatic N) is 3. The van der Waals surface area contributed by atoms with Crippen LogP contribution in [0.3, 0.4) is 0 Å². The number of hydrogen-bond donors (Lipinski definition) is 0. The van der Waals surface area contributed by atoms with Gasteiger partial charge >= 0.3 is 0 Å². The standard InChI is InChI=1S/C18H23N3O2S/c1-13-20-15(12-24-13)9-21-10-17(18-16(21)5-3-7-22-18)23-11-14-4-2-6-19-8-14/h2,4,6,8,12,16-18H,3,5,7,9-11H2,1H3/t16-,17+,18+/m0/s1. The molecule has 2 aromatic rings. The molecule has 3 atom stereocenters. The Morgan fingerprint density at radius 1 is 1.46 bits per heavy atom. The van der Waals surface area contributed by atoms with E-state index in [1.165, 1.54) is 6.42 Å². The van der Waals surface area contributed by atoms with E-state index in [4.69, 9.17) is 9.47 Å². The van der Waals surface area contributed by atoms with Crippen LogP contribution in [0.2, 0.25) is 0 Å². The second-order valence-electron chi connectivity index (χ2n) is 6.54. The number of aryl methyl sites for hydroxylation is 1. The zero-order valence-corrected chi connectivity index (χ0v) is 14.7. The highest BCUT2D eigenvalue weighted by Crippen LogP contribution is 2.32. The Hall–Kier alpha value is -1.34. The molecule has 128 valence electrons. The van der Waals surface area contributed by atoms with Crippen molar-refractivity contribution in [1.29, 1.82) is 0 Å². The van der Waals surface area contributed by atoms with Crippen molar-refractivity contribution < 1.29 is 9.47 Å². The highest BCUT2D eigenvalue weighted by atomic mass is 32.1. The van der Waals surface area contributed by atoms with Gasteiger partial charge in [0.2, 0.25) is 0 Å². The van der Waals surface area contributed by atoms with Crippen molar-refractivity contribution in [3.8, 4) is 0 Å². The molecule has 2 aliphatic heterocycles. The summed E-state index contributed by atoms with van der Waals surface area (Å²) in [6.07, 6.45) is 6.26. The van der Waals surface area contributed by atoms with Gasteiger partial charge in [-0.2, -0.15) is 0 Å². The zero-order valence-electron chi connectivity index (χ0n) is 13.9. The molecule has 0 N–H and O–H groups in total. The first-order chi connectivity index (χ1) is 11.8. The van der Waals surface area contributed by atoms with Gasteiger partial charge in [0.25, 0.3) is 0 Å². The van der Waals surface area contributed by atoms with Crippen molar-refractivity contribution >= 4 is 11.3 Å². The van der Waals surface area contributed by atoms with E-state index in [2.05, 4.69) is 33.2 Å². The third-order valence-corrected chi connectivity index (χ3v) is 5.62. The summed E-state index contributed by atoms with van der Waals surface area (Å²) in [6.45, 7) is 5.30. The summed E-state index contributed by atoms with van der Waals surface area (Å²) >= 11 is 1.72. The highest BCUT2D eigenvalue weighted by Gasteiger charge is 2.44. The van der Waals surface area contributed by atoms with Crippen LogP contribution in [0, 0.1) is 6.92 Å². The molecule has 6 heteroatoms. The molecule has 0 saturated carbocycles. The fourth-order valence-electron chi connectivity index (χ4n) is 3.71. The SMILES string of the molecule is Cc1nc(CN2C[C@@H](OCc3cccnc3)[C@@H]3OCCC[C@@H]32)cs1. The van der Waals surface area contributed by atoms with Gasteiger partial charge in [-0.1, -0.05) is 6.07 Å². The summed E-state index contributed by atoms with van der Waals surface area (Å²) in [7, 11) is 0. The lowest BCUT2D eigenvalue weighted by Gasteiger charge is -2.32. The first-order valence-corrected chi connectivity index (χ1v) is 9.45. The second-order valence-corrected chi connectivity index (χ2v) is 7.61. The fraction of sp³-hybridized carbons (Fsp3) is 0.556. The molecule has 0 aromatic carbocycles. The van der Waals surface area contributed by atoms with Gasteiger partial charge in [-0.3, -0.25) is 9.88 Å². The van der Waals surface area contributed by atoms with E-state index in [1.54, 1.807) is 17.5 Å². The smallest absolute Gasteiger partial charge is 0.100 e. The Labute approximate surface area is 146 Å². The summed E-state index contributed by atoms with van der Waals surface area (Å²) in [4.78, 5) is 11.3. The van der Waals surface area contributed by atoms with Gasteiger partial charge in [0, 0.05) is 43.5 Å². The largest absolute Gasteiger partial charge is 0.374 e. The number of fused-ring (bicyclic) bond motifs is 1. The average molecular weight is 345 g/mol. The van der Waals surface area contributed by atoms with Gasteiger partial charge in [-0.25, -0.2) is 4.98 Å². The van der Waals surface area contributed by atoms with Crippen LogP contribution in [0.15, 0.2) is 29.9 Å². The van der Waals surface area contributed by atoms with E-state index in [0.717, 1.165) is 42.4 Å². The van der Waals surface area contributed by atoms with Crippen molar-refractivity contribution in [3.05, 3.63) is 46.2 Å². The third kappa shape index (κ3) is 3.52. The molecule has 0 aliphatic carbocycles. The topological polar surface area (TPSA) is 47.5 Å². The van der Waals surface area contributed by atoms with Crippen LogP contribution in [-0.4, -0.2) is 46.3 Å². The molecule has 0 bridgehead atoms. The normalized spacial score (nSPS) is 27.3. The van der Waals surface area contributed by atoms with Gasteiger partial charge in [-0.05, 0) is 31.4 Å². The summed E-state index contributed by atoms with van der Waals surface area (Å²) in [5.41, 5.74) is 2.27. The highest BCUT2D eigenvalue weighted by molar-refractivity contribution is 7.09. The van der Waals surface area contributed by atoms with Crippen LogP contribution in [0.25, 0.3) is 0 Å². The number of pyridine rings is 1. The maximum atomic E-state index is 6.21. The predicted octanol–water partition coefficient (Wildman–Crippen LogP) is 2.80. The molecule has 4 rings (SSSR count). The van der Waals surface area contributed by atoms with E-state index in [-0.39, 0.29) is 12.2 Å². The zero-order chi connectivity index (χ0) is 16.4. The first-order valence-electron chi connectivity index (χ1n) is 8.57. The van der Waals surface area contributed by atoms with E-state index in [1.807, 2.05) is 12.3 Å². The Bertz CT molecular complexity index is 663. The average Bonchev–Trinajstić information content (AvgIpc) is 3.18. The van der Waals surface area contributed by atoms with Crippen molar-refractivity contribution in [2.75, 3.05) is 13.2 Å². The number of thiazole rings is 1. The van der Waals surface area contributed by atoms with E-state index >= 15 is 0 Å². The molecule has 4 heterocycles. The molecule has 2 fully saturated rings. The lowest BCUT2D eigenvalue weighted by molar-refractivity contribution is -0.0819. The first kappa shape index (κ1) is 16.1. The van der Waals surface area contributed by atoms with Crippen LogP contribution < -0.4 is 0 Å². The predicted molar refractivity (Wildman–Crippen MR) is 92.8 cm³/mol. The van der Waals surface area contributed by atoms with Crippen LogP contribution in [0.1, 0.15) is 29.1 Å². The quantitative estimate of drug-likeness (QED) is 0.834. The molecular formula is C18H23N3O2S. The molecule has 2 aromatic heterocycles. The number of aromatic nitrogens is 2. The fourth-order valence-corrected chi connectivity index (χ4v) is 4.31. The molecule has 0 radical (unpaired) electrons. The Morgan fingerprint density at radius 2 is 2.42 bits per heavy atom. The maximum absolute atomic E-state index is 6.21. The lowest BCUT2D eigenvalue weighted by Crippen LogP contribution is -2.41. The van der Waals surface area contributed by atoms with Gasteiger partial charge < -0.3 is 9.47 Å². The molecule has 0 amide bonds. The minimum Gasteiger partial charge on any atom is -0.374 e. The second kappa shape index (κ2) is 7.27. The lowest BCUT2D eigenvalue weighted by atomic mass is 10.0. The number of rotatable bonds is 5. The maximum Gasteiger partial charge on any atom is 0.100 e. The number of likely N-dealkylation sites (tertiary alicyclic amines) is 1. The Kier molecular flexibility index (Phi) is 4.89. The van der Waals surface area contributed by atoms with Crippen molar-refractivity contribution in [2.45, 2.75) is 51.2 Å².